The summed E-state index contributed by atoms with van der Waals surface area (Å²) in [5.41, 5.74) is 1.08. The smallest absolute Gasteiger partial charge is 0.236 e. The zero-order chi connectivity index (χ0) is 10.8. The number of aromatic nitrogens is 2. The summed E-state index contributed by atoms with van der Waals surface area (Å²) >= 11 is 0. The lowest BCUT2D eigenvalue weighted by atomic mass is 9.89. The van der Waals surface area contributed by atoms with E-state index in [0.717, 1.165) is 5.56 Å². The van der Waals surface area contributed by atoms with Crippen LogP contribution in [0.2, 0.25) is 0 Å². The summed E-state index contributed by atoms with van der Waals surface area (Å²) in [6.45, 7) is 6.63. The lowest BCUT2D eigenvalue weighted by Crippen LogP contribution is -2.13. The van der Waals surface area contributed by atoms with Gasteiger partial charge in [0.15, 0.2) is 0 Å². The normalized spacial score (nSPS) is 11.8. The van der Waals surface area contributed by atoms with E-state index in [1.165, 1.54) is 0 Å². The van der Waals surface area contributed by atoms with Crippen molar-refractivity contribution in [3.63, 3.8) is 0 Å². The largest absolute Gasteiger partial charge is 0.474 e. The molecule has 4 nitrogen and oxygen atoms in total. The number of rotatable bonds is 3. The summed E-state index contributed by atoms with van der Waals surface area (Å²) in [5.74, 6) is 0.619. The van der Waals surface area contributed by atoms with Crippen molar-refractivity contribution < 1.29 is 9.84 Å². The summed E-state index contributed by atoms with van der Waals surface area (Å²) in [5, 5.41) is 12.9. The zero-order valence-corrected chi connectivity index (χ0v) is 9.24. The zero-order valence-electron chi connectivity index (χ0n) is 9.24. The summed E-state index contributed by atoms with van der Waals surface area (Å²) < 4.78 is 7.08. The van der Waals surface area contributed by atoms with Gasteiger partial charge in [-0.05, 0) is 5.41 Å². The van der Waals surface area contributed by atoms with Crippen LogP contribution in [0.3, 0.4) is 0 Å². The average Bonchev–Trinajstić information content (AvgIpc) is 2.42. The third kappa shape index (κ3) is 2.48. The minimum atomic E-state index is 0.0129. The van der Waals surface area contributed by atoms with Gasteiger partial charge >= 0.3 is 0 Å². The molecule has 1 rings (SSSR count). The number of aliphatic hydroxyl groups excluding tert-OH is 1. The summed E-state index contributed by atoms with van der Waals surface area (Å²) in [6, 6.07) is 0. The molecule has 1 heterocycles. The Morgan fingerprint density at radius 3 is 2.64 bits per heavy atom. The standard InChI is InChI=1S/C10H18N2O2/c1-10(2,3)8-7-12(4)11-9(8)14-6-5-13/h7,13H,5-6H2,1-4H3. The minimum absolute atomic E-state index is 0.0129. The van der Waals surface area contributed by atoms with E-state index in [4.69, 9.17) is 9.84 Å². The third-order valence-corrected chi connectivity index (χ3v) is 1.93. The molecule has 0 saturated carbocycles. The second-order valence-corrected chi connectivity index (χ2v) is 4.34. The van der Waals surface area contributed by atoms with Crippen LogP contribution in [-0.4, -0.2) is 28.1 Å². The van der Waals surface area contributed by atoms with Gasteiger partial charge in [0, 0.05) is 18.8 Å². The number of ether oxygens (including phenoxy) is 1. The van der Waals surface area contributed by atoms with E-state index in [0.29, 0.717) is 12.5 Å². The first-order valence-electron chi connectivity index (χ1n) is 4.73. The first kappa shape index (κ1) is 11.0. The van der Waals surface area contributed by atoms with E-state index in [-0.39, 0.29) is 12.0 Å². The van der Waals surface area contributed by atoms with Crippen molar-refractivity contribution in [2.24, 2.45) is 7.05 Å². The van der Waals surface area contributed by atoms with Crippen LogP contribution in [-0.2, 0) is 12.5 Å². The number of hydrogen-bond donors (Lipinski definition) is 1. The predicted molar refractivity (Wildman–Crippen MR) is 54.5 cm³/mol. The van der Waals surface area contributed by atoms with Crippen molar-refractivity contribution in [1.82, 2.24) is 9.78 Å². The molecule has 0 aliphatic carbocycles. The molecule has 0 saturated heterocycles. The molecule has 0 aliphatic rings. The van der Waals surface area contributed by atoms with E-state index < -0.39 is 0 Å². The van der Waals surface area contributed by atoms with Crippen LogP contribution < -0.4 is 4.74 Å². The SMILES string of the molecule is Cn1cc(C(C)(C)C)c(OCCO)n1. The molecule has 0 atom stereocenters. The molecule has 0 fully saturated rings. The first-order valence-corrected chi connectivity index (χ1v) is 4.73. The minimum Gasteiger partial charge on any atom is -0.474 e. The highest BCUT2D eigenvalue weighted by molar-refractivity contribution is 5.30. The number of nitrogens with zero attached hydrogens (tertiary/aromatic N) is 2. The maximum absolute atomic E-state index is 8.67. The van der Waals surface area contributed by atoms with Gasteiger partial charge in [-0.3, -0.25) is 4.68 Å². The Kier molecular flexibility index (Phi) is 3.16. The highest BCUT2D eigenvalue weighted by atomic mass is 16.5. The number of aryl methyl sites for hydroxylation is 1. The van der Waals surface area contributed by atoms with Crippen molar-refractivity contribution in [2.75, 3.05) is 13.2 Å². The second-order valence-electron chi connectivity index (χ2n) is 4.34. The van der Waals surface area contributed by atoms with Gasteiger partial charge in [0.25, 0.3) is 0 Å². The van der Waals surface area contributed by atoms with Gasteiger partial charge in [-0.25, -0.2) is 0 Å². The summed E-state index contributed by atoms with van der Waals surface area (Å²) in [6.07, 6.45) is 1.95. The Hall–Kier alpha value is -1.03. The van der Waals surface area contributed by atoms with E-state index >= 15 is 0 Å². The molecule has 0 amide bonds. The Morgan fingerprint density at radius 1 is 1.50 bits per heavy atom. The van der Waals surface area contributed by atoms with Crippen LogP contribution in [0.15, 0.2) is 6.20 Å². The molecule has 4 heteroatoms. The van der Waals surface area contributed by atoms with Gasteiger partial charge < -0.3 is 9.84 Å². The molecule has 0 bridgehead atoms. The molecule has 0 unspecified atom stereocenters. The molecule has 1 aromatic heterocycles. The van der Waals surface area contributed by atoms with Crippen LogP contribution in [0, 0.1) is 0 Å². The predicted octanol–water partition coefficient (Wildman–Crippen LogP) is 1.09. The molecule has 0 aliphatic heterocycles. The fraction of sp³-hybridized carbons (Fsp3) is 0.700. The van der Waals surface area contributed by atoms with Gasteiger partial charge in [0.1, 0.15) is 6.61 Å². The highest BCUT2D eigenvalue weighted by Gasteiger charge is 2.22. The summed E-state index contributed by atoms with van der Waals surface area (Å²) in [4.78, 5) is 0. The summed E-state index contributed by atoms with van der Waals surface area (Å²) in [7, 11) is 1.86. The Balaban J connectivity index is 2.91. The third-order valence-electron chi connectivity index (χ3n) is 1.93. The maximum atomic E-state index is 8.67. The Labute approximate surface area is 84.5 Å². The second kappa shape index (κ2) is 4.00. The van der Waals surface area contributed by atoms with Crippen LogP contribution >= 0.6 is 0 Å². The number of hydrogen-bond acceptors (Lipinski definition) is 3. The topological polar surface area (TPSA) is 47.3 Å². The highest BCUT2D eigenvalue weighted by Crippen LogP contribution is 2.29. The van der Waals surface area contributed by atoms with Crippen LogP contribution in [0.25, 0.3) is 0 Å². The maximum Gasteiger partial charge on any atom is 0.236 e. The molecule has 0 spiro atoms. The van der Waals surface area contributed by atoms with Gasteiger partial charge in [-0.1, -0.05) is 20.8 Å². The molecule has 1 aromatic rings. The van der Waals surface area contributed by atoms with Crippen molar-refractivity contribution in [1.29, 1.82) is 0 Å². The fourth-order valence-corrected chi connectivity index (χ4v) is 1.23. The van der Waals surface area contributed by atoms with E-state index in [1.807, 2.05) is 13.2 Å². The van der Waals surface area contributed by atoms with Crippen molar-refractivity contribution in [3.8, 4) is 5.88 Å². The van der Waals surface area contributed by atoms with Gasteiger partial charge in [0.2, 0.25) is 5.88 Å². The molecule has 80 valence electrons. The number of aliphatic hydroxyl groups is 1. The first-order chi connectivity index (χ1) is 6.45. The average molecular weight is 198 g/mol. The van der Waals surface area contributed by atoms with Crippen molar-refractivity contribution in [3.05, 3.63) is 11.8 Å². The lowest BCUT2D eigenvalue weighted by molar-refractivity contribution is 0.193. The van der Waals surface area contributed by atoms with E-state index in [9.17, 15) is 0 Å². The molecule has 0 aromatic carbocycles. The Morgan fingerprint density at radius 2 is 2.14 bits per heavy atom. The fourth-order valence-electron chi connectivity index (χ4n) is 1.23. The molecule has 1 N–H and O–H groups in total. The monoisotopic (exact) mass is 198 g/mol. The van der Waals surface area contributed by atoms with Gasteiger partial charge in [0.05, 0.1) is 6.61 Å². The van der Waals surface area contributed by atoms with Crippen LogP contribution in [0.1, 0.15) is 26.3 Å². The van der Waals surface area contributed by atoms with Gasteiger partial charge in [-0.15, -0.1) is 5.10 Å². The van der Waals surface area contributed by atoms with E-state index in [1.54, 1.807) is 4.68 Å². The van der Waals surface area contributed by atoms with E-state index in [2.05, 4.69) is 25.9 Å². The lowest BCUT2D eigenvalue weighted by Gasteiger charge is -2.17. The van der Waals surface area contributed by atoms with Crippen LogP contribution in [0.4, 0.5) is 0 Å². The van der Waals surface area contributed by atoms with Crippen molar-refractivity contribution in [2.45, 2.75) is 26.2 Å². The molecule has 14 heavy (non-hydrogen) atoms. The van der Waals surface area contributed by atoms with Crippen LogP contribution in [0.5, 0.6) is 5.88 Å². The quantitative estimate of drug-likeness (QED) is 0.790. The molecule has 0 radical (unpaired) electrons. The van der Waals surface area contributed by atoms with Crippen molar-refractivity contribution >= 4 is 0 Å². The van der Waals surface area contributed by atoms with Gasteiger partial charge in [-0.2, -0.15) is 0 Å². The molecular formula is C10H18N2O2. The molecular weight excluding hydrogens is 180 g/mol. The Bertz CT molecular complexity index is 300.